The van der Waals surface area contributed by atoms with E-state index in [4.69, 9.17) is 16.6 Å². The predicted octanol–water partition coefficient (Wildman–Crippen LogP) is 5.28. The van der Waals surface area contributed by atoms with Crippen molar-refractivity contribution in [1.82, 2.24) is 9.55 Å². The third-order valence-corrected chi connectivity index (χ3v) is 4.86. The van der Waals surface area contributed by atoms with Crippen LogP contribution in [0, 0.1) is 6.92 Å². The van der Waals surface area contributed by atoms with Crippen LogP contribution in [0.15, 0.2) is 66.7 Å². The summed E-state index contributed by atoms with van der Waals surface area (Å²) in [5.41, 5.74) is 3.94. The monoisotopic (exact) mass is 392 g/mol. The van der Waals surface area contributed by atoms with Gasteiger partial charge in [0.2, 0.25) is 0 Å². The molecule has 0 aliphatic rings. The van der Waals surface area contributed by atoms with Gasteiger partial charge in [0.25, 0.3) is 0 Å². The number of hydrogen-bond donors (Lipinski definition) is 3. The van der Waals surface area contributed by atoms with Crippen LogP contribution in [0.2, 0.25) is 5.02 Å². The average Bonchev–Trinajstić information content (AvgIpc) is 3.00. The van der Waals surface area contributed by atoms with E-state index in [1.807, 2.05) is 11.5 Å². The minimum atomic E-state index is 0.0759. The Hall–Kier alpha value is -3.44. The molecule has 1 aromatic heterocycles. The Balaban J connectivity index is 1.99. The molecule has 0 spiro atoms. The van der Waals surface area contributed by atoms with E-state index in [0.29, 0.717) is 16.4 Å². The van der Waals surface area contributed by atoms with Crippen molar-refractivity contribution in [2.75, 3.05) is 0 Å². The van der Waals surface area contributed by atoms with E-state index >= 15 is 0 Å². The lowest BCUT2D eigenvalue weighted by Gasteiger charge is -2.12. The van der Waals surface area contributed by atoms with Crippen LogP contribution in [0.1, 0.15) is 5.69 Å². The van der Waals surface area contributed by atoms with E-state index in [1.165, 1.54) is 6.07 Å². The van der Waals surface area contributed by atoms with Crippen LogP contribution >= 0.6 is 11.6 Å². The Morgan fingerprint density at radius 2 is 1.36 bits per heavy atom. The fourth-order valence-electron chi connectivity index (χ4n) is 3.18. The van der Waals surface area contributed by atoms with Crippen molar-refractivity contribution in [1.29, 1.82) is 0 Å². The second kappa shape index (κ2) is 6.94. The molecule has 0 bridgehead atoms. The summed E-state index contributed by atoms with van der Waals surface area (Å²) >= 11 is 6.39. The molecule has 3 N–H and O–H groups in total. The molecule has 0 aliphatic carbocycles. The molecule has 0 saturated carbocycles. The first-order valence-corrected chi connectivity index (χ1v) is 8.99. The topological polar surface area (TPSA) is 78.5 Å². The van der Waals surface area contributed by atoms with Crippen LogP contribution < -0.4 is 0 Å². The molecule has 0 aliphatic heterocycles. The van der Waals surface area contributed by atoms with Crippen LogP contribution in [0.25, 0.3) is 28.3 Å². The molecule has 3 aromatic carbocycles. The molecule has 0 saturated heterocycles. The van der Waals surface area contributed by atoms with Crippen LogP contribution in [0.3, 0.4) is 0 Å². The quantitative estimate of drug-likeness (QED) is 0.443. The summed E-state index contributed by atoms with van der Waals surface area (Å²) in [5, 5.41) is 29.3. The molecule has 0 unspecified atom stereocenters. The highest BCUT2D eigenvalue weighted by molar-refractivity contribution is 6.33. The number of imidazole rings is 1. The lowest BCUT2D eigenvalue weighted by Crippen LogP contribution is -2.00. The Morgan fingerprint density at radius 3 is 1.96 bits per heavy atom. The van der Waals surface area contributed by atoms with Gasteiger partial charge in [-0.3, -0.25) is 4.57 Å². The molecule has 6 heteroatoms. The van der Waals surface area contributed by atoms with Crippen molar-refractivity contribution in [2.45, 2.75) is 6.92 Å². The van der Waals surface area contributed by atoms with Gasteiger partial charge in [-0.25, -0.2) is 4.98 Å². The smallest absolute Gasteiger partial charge is 0.146 e. The van der Waals surface area contributed by atoms with Crippen LogP contribution in [0.4, 0.5) is 0 Å². The normalized spacial score (nSPS) is 10.9. The number of phenols is 3. The highest BCUT2D eigenvalue weighted by Gasteiger charge is 2.20. The maximum atomic E-state index is 9.70. The lowest BCUT2D eigenvalue weighted by molar-refractivity contribution is 0.474. The number of hydrogen-bond acceptors (Lipinski definition) is 4. The fourth-order valence-corrected chi connectivity index (χ4v) is 3.44. The highest BCUT2D eigenvalue weighted by atomic mass is 35.5. The van der Waals surface area contributed by atoms with E-state index in [0.717, 1.165) is 22.6 Å². The molecule has 0 amide bonds. The standard InChI is InChI=1S/C22H17ClN2O3/c1-13-21(14-2-6-16(26)7-3-14)24-22(19-11-10-18(28)12-20(19)23)25(13)15-4-8-17(27)9-5-15/h2-12,26-28H,1H3. The Kier molecular flexibility index (Phi) is 4.45. The summed E-state index contributed by atoms with van der Waals surface area (Å²) in [4.78, 5) is 4.82. The van der Waals surface area contributed by atoms with E-state index in [1.54, 1.807) is 60.7 Å². The zero-order chi connectivity index (χ0) is 19.8. The number of nitrogens with zero attached hydrogens (tertiary/aromatic N) is 2. The van der Waals surface area contributed by atoms with Gasteiger partial charge in [-0.1, -0.05) is 11.6 Å². The zero-order valence-electron chi connectivity index (χ0n) is 15.0. The van der Waals surface area contributed by atoms with Crippen molar-refractivity contribution >= 4 is 11.6 Å². The van der Waals surface area contributed by atoms with Gasteiger partial charge in [-0.05, 0) is 73.7 Å². The Bertz CT molecular complexity index is 1150. The van der Waals surface area contributed by atoms with Crippen LogP contribution in [-0.4, -0.2) is 24.9 Å². The third kappa shape index (κ3) is 3.17. The van der Waals surface area contributed by atoms with E-state index in [-0.39, 0.29) is 17.2 Å². The second-order valence-electron chi connectivity index (χ2n) is 6.43. The Morgan fingerprint density at radius 1 is 0.786 bits per heavy atom. The van der Waals surface area contributed by atoms with E-state index < -0.39 is 0 Å². The second-order valence-corrected chi connectivity index (χ2v) is 6.84. The molecule has 5 nitrogen and oxygen atoms in total. The molecule has 0 fully saturated rings. The van der Waals surface area contributed by atoms with Crippen LogP contribution in [0.5, 0.6) is 17.2 Å². The molecular formula is C22H17ClN2O3. The SMILES string of the molecule is Cc1c(-c2ccc(O)cc2)nc(-c2ccc(O)cc2Cl)n1-c1ccc(O)cc1. The van der Waals surface area contributed by atoms with Crippen molar-refractivity contribution in [3.63, 3.8) is 0 Å². The van der Waals surface area contributed by atoms with Gasteiger partial charge in [0.05, 0.1) is 10.7 Å². The molecule has 1 heterocycles. The van der Waals surface area contributed by atoms with Gasteiger partial charge in [0.1, 0.15) is 23.1 Å². The lowest BCUT2D eigenvalue weighted by atomic mass is 10.1. The van der Waals surface area contributed by atoms with Gasteiger partial charge >= 0.3 is 0 Å². The average molecular weight is 393 g/mol. The summed E-state index contributed by atoms with van der Waals surface area (Å²) < 4.78 is 1.94. The minimum Gasteiger partial charge on any atom is -0.508 e. The summed E-state index contributed by atoms with van der Waals surface area (Å²) in [6.07, 6.45) is 0. The van der Waals surface area contributed by atoms with E-state index in [2.05, 4.69) is 0 Å². The summed E-state index contributed by atoms with van der Waals surface area (Å²) in [6.45, 7) is 1.94. The molecule has 28 heavy (non-hydrogen) atoms. The molecular weight excluding hydrogens is 376 g/mol. The largest absolute Gasteiger partial charge is 0.508 e. The number of aromatic hydroxyl groups is 3. The number of aromatic nitrogens is 2. The van der Waals surface area contributed by atoms with Crippen molar-refractivity contribution < 1.29 is 15.3 Å². The molecule has 0 radical (unpaired) electrons. The molecule has 140 valence electrons. The van der Waals surface area contributed by atoms with Gasteiger partial charge in [-0.2, -0.15) is 0 Å². The maximum absolute atomic E-state index is 9.70. The number of halogens is 1. The first-order valence-electron chi connectivity index (χ1n) is 8.61. The number of phenolic OH excluding ortho intramolecular Hbond substituents is 3. The molecule has 0 atom stereocenters. The summed E-state index contributed by atoms with van der Waals surface area (Å²) in [7, 11) is 0. The minimum absolute atomic E-state index is 0.0759. The van der Waals surface area contributed by atoms with Crippen molar-refractivity contribution in [2.24, 2.45) is 0 Å². The zero-order valence-corrected chi connectivity index (χ0v) is 15.7. The summed E-state index contributed by atoms with van der Waals surface area (Å²) in [6, 6.07) is 18.4. The highest BCUT2D eigenvalue weighted by Crippen LogP contribution is 2.36. The summed E-state index contributed by atoms with van der Waals surface area (Å²) in [5.74, 6) is 1.04. The fraction of sp³-hybridized carbons (Fsp3) is 0.0455. The number of rotatable bonds is 3. The third-order valence-electron chi connectivity index (χ3n) is 4.55. The van der Waals surface area contributed by atoms with Gasteiger partial charge in [0, 0.05) is 22.5 Å². The first-order chi connectivity index (χ1) is 13.4. The van der Waals surface area contributed by atoms with Gasteiger partial charge < -0.3 is 15.3 Å². The van der Waals surface area contributed by atoms with Gasteiger partial charge in [-0.15, -0.1) is 0 Å². The number of benzene rings is 3. The Labute approximate surface area is 166 Å². The predicted molar refractivity (Wildman–Crippen MR) is 109 cm³/mol. The van der Waals surface area contributed by atoms with Crippen LogP contribution in [-0.2, 0) is 0 Å². The maximum Gasteiger partial charge on any atom is 0.146 e. The molecule has 4 rings (SSSR count). The van der Waals surface area contributed by atoms with Gasteiger partial charge in [0.15, 0.2) is 0 Å². The van der Waals surface area contributed by atoms with E-state index in [9.17, 15) is 15.3 Å². The first kappa shape index (κ1) is 17.9. The van der Waals surface area contributed by atoms with Crippen molar-refractivity contribution in [3.05, 3.63) is 77.4 Å². The molecule has 4 aromatic rings. The van der Waals surface area contributed by atoms with Crippen molar-refractivity contribution in [3.8, 4) is 45.6 Å².